The van der Waals surface area contributed by atoms with Crippen LogP contribution in [-0.4, -0.2) is 26.9 Å². The first kappa shape index (κ1) is 16.3. The van der Waals surface area contributed by atoms with Gasteiger partial charge in [-0.05, 0) is 25.7 Å². The molecule has 1 rings (SSSR count). The van der Waals surface area contributed by atoms with Gasteiger partial charge in [0.15, 0.2) is 0 Å². The lowest BCUT2D eigenvalue weighted by Crippen LogP contribution is -2.34. The highest BCUT2D eigenvalue weighted by Gasteiger charge is 2.33. The molecule has 1 aliphatic carbocycles. The Kier molecular flexibility index (Phi) is 6.42. The summed E-state index contributed by atoms with van der Waals surface area (Å²) in [7, 11) is 1.95. The third kappa shape index (κ3) is 5.45. The molecule has 0 radical (unpaired) electrons. The van der Waals surface area contributed by atoms with E-state index in [4.69, 9.17) is 15.4 Å². The number of ether oxygens (including phenoxy) is 1. The summed E-state index contributed by atoms with van der Waals surface area (Å²) < 4.78 is 28.6. The average Bonchev–Trinajstić information content (AvgIpc) is 2.34. The summed E-state index contributed by atoms with van der Waals surface area (Å²) in [5.41, 5.74) is -0.321. The maximum Gasteiger partial charge on any atom is 0.233 e. The molecule has 18 heavy (non-hydrogen) atoms. The van der Waals surface area contributed by atoms with Crippen molar-refractivity contribution in [3.63, 3.8) is 0 Å². The minimum absolute atomic E-state index is 0.0152. The van der Waals surface area contributed by atoms with Crippen molar-refractivity contribution in [3.05, 3.63) is 0 Å². The van der Waals surface area contributed by atoms with Crippen LogP contribution in [-0.2, 0) is 13.8 Å². The molecular formula is C13H25ClO3S. The van der Waals surface area contributed by atoms with Crippen LogP contribution in [0, 0.1) is 5.41 Å². The Bertz CT molecular complexity index is 330. The first-order valence-electron chi connectivity index (χ1n) is 6.95. The minimum atomic E-state index is -3.47. The second-order valence-electron chi connectivity index (χ2n) is 5.46. The third-order valence-electron chi connectivity index (χ3n) is 4.16. The molecule has 0 amide bonds. The monoisotopic (exact) mass is 296 g/mol. The van der Waals surface area contributed by atoms with Gasteiger partial charge in [-0.2, -0.15) is 0 Å². The molecule has 0 N–H and O–H groups in total. The van der Waals surface area contributed by atoms with Crippen LogP contribution in [0.5, 0.6) is 0 Å². The van der Waals surface area contributed by atoms with Gasteiger partial charge in [-0.15, -0.1) is 0 Å². The third-order valence-corrected chi connectivity index (χ3v) is 5.44. The molecule has 1 fully saturated rings. The summed E-state index contributed by atoms with van der Waals surface area (Å²) in [6, 6.07) is 0. The van der Waals surface area contributed by atoms with Crippen LogP contribution in [0.2, 0.25) is 0 Å². The van der Waals surface area contributed by atoms with Gasteiger partial charge >= 0.3 is 0 Å². The van der Waals surface area contributed by atoms with Gasteiger partial charge in [0.25, 0.3) is 0 Å². The number of rotatable bonds is 7. The molecule has 108 valence electrons. The highest BCUT2D eigenvalue weighted by atomic mass is 35.7. The van der Waals surface area contributed by atoms with E-state index in [2.05, 4.69) is 0 Å². The molecule has 0 atom stereocenters. The fourth-order valence-electron chi connectivity index (χ4n) is 2.59. The average molecular weight is 297 g/mol. The topological polar surface area (TPSA) is 43.4 Å². The second-order valence-corrected chi connectivity index (χ2v) is 8.24. The predicted molar refractivity (Wildman–Crippen MR) is 75.5 cm³/mol. The number of hydrogen-bond acceptors (Lipinski definition) is 3. The fourth-order valence-corrected chi connectivity index (χ4v) is 4.51. The van der Waals surface area contributed by atoms with Crippen LogP contribution in [0.4, 0.5) is 0 Å². The maximum absolute atomic E-state index is 11.3. The van der Waals surface area contributed by atoms with Crippen molar-refractivity contribution < 1.29 is 13.2 Å². The van der Waals surface area contributed by atoms with Gasteiger partial charge in [-0.1, -0.05) is 33.1 Å². The lowest BCUT2D eigenvalue weighted by molar-refractivity contribution is -0.0214. The summed E-state index contributed by atoms with van der Waals surface area (Å²) in [5.74, 6) is 0.0152. The predicted octanol–water partition coefficient (Wildman–Crippen LogP) is 3.71. The Morgan fingerprint density at radius 2 is 1.72 bits per heavy atom. The quantitative estimate of drug-likeness (QED) is 0.673. The van der Waals surface area contributed by atoms with E-state index in [1.54, 1.807) is 0 Å². The van der Waals surface area contributed by atoms with E-state index >= 15 is 0 Å². The SMILES string of the molecule is CCC(CC)(COC1CCCCC1)CS(=O)(=O)Cl. The van der Waals surface area contributed by atoms with Crippen LogP contribution >= 0.6 is 10.7 Å². The van der Waals surface area contributed by atoms with E-state index < -0.39 is 9.05 Å². The van der Waals surface area contributed by atoms with E-state index in [0.717, 1.165) is 25.7 Å². The molecule has 0 saturated heterocycles. The van der Waals surface area contributed by atoms with Gasteiger partial charge in [0.1, 0.15) is 0 Å². The molecule has 0 aromatic heterocycles. The van der Waals surface area contributed by atoms with Gasteiger partial charge in [0, 0.05) is 16.1 Å². The summed E-state index contributed by atoms with van der Waals surface area (Å²) >= 11 is 0. The Morgan fingerprint density at radius 1 is 1.17 bits per heavy atom. The van der Waals surface area contributed by atoms with Gasteiger partial charge in [-0.3, -0.25) is 0 Å². The lowest BCUT2D eigenvalue weighted by atomic mass is 9.85. The molecule has 0 aliphatic heterocycles. The molecule has 0 heterocycles. The molecule has 0 aromatic carbocycles. The first-order valence-corrected chi connectivity index (χ1v) is 9.42. The molecular weight excluding hydrogens is 272 g/mol. The van der Waals surface area contributed by atoms with Crippen molar-refractivity contribution in [3.8, 4) is 0 Å². The minimum Gasteiger partial charge on any atom is -0.378 e. The number of hydrogen-bond donors (Lipinski definition) is 0. The van der Waals surface area contributed by atoms with E-state index in [0.29, 0.717) is 12.7 Å². The zero-order valence-electron chi connectivity index (χ0n) is 11.5. The molecule has 1 aliphatic rings. The van der Waals surface area contributed by atoms with Gasteiger partial charge in [0.05, 0.1) is 18.5 Å². The van der Waals surface area contributed by atoms with Crippen molar-refractivity contribution in [1.82, 2.24) is 0 Å². The van der Waals surface area contributed by atoms with Crippen molar-refractivity contribution in [1.29, 1.82) is 0 Å². The van der Waals surface area contributed by atoms with Crippen molar-refractivity contribution in [2.24, 2.45) is 5.41 Å². The standard InChI is InChI=1S/C13H25ClO3S/c1-3-13(4-2,11-18(14,15)16)10-17-12-8-6-5-7-9-12/h12H,3-11H2,1-2H3. The maximum atomic E-state index is 11.3. The Balaban J connectivity index is 2.55. The van der Waals surface area contributed by atoms with Crippen LogP contribution in [0.25, 0.3) is 0 Å². The first-order chi connectivity index (χ1) is 8.41. The summed E-state index contributed by atoms with van der Waals surface area (Å²) in [6.45, 7) is 4.53. The molecule has 0 spiro atoms. The number of halogens is 1. The largest absolute Gasteiger partial charge is 0.378 e. The lowest BCUT2D eigenvalue weighted by Gasteiger charge is -2.33. The van der Waals surface area contributed by atoms with E-state index in [9.17, 15) is 8.42 Å². The Morgan fingerprint density at radius 3 is 2.17 bits per heavy atom. The summed E-state index contributed by atoms with van der Waals surface area (Å²) in [5, 5.41) is 0. The fraction of sp³-hybridized carbons (Fsp3) is 1.00. The highest BCUT2D eigenvalue weighted by Crippen LogP contribution is 2.32. The van der Waals surface area contributed by atoms with Crippen LogP contribution in [0.1, 0.15) is 58.8 Å². The van der Waals surface area contributed by atoms with Crippen molar-refractivity contribution in [2.45, 2.75) is 64.9 Å². The summed E-state index contributed by atoms with van der Waals surface area (Å²) in [4.78, 5) is 0. The smallest absolute Gasteiger partial charge is 0.233 e. The molecule has 5 heteroatoms. The van der Waals surface area contributed by atoms with Gasteiger partial charge in [0.2, 0.25) is 9.05 Å². The second kappa shape index (κ2) is 7.11. The van der Waals surface area contributed by atoms with Crippen LogP contribution in [0.15, 0.2) is 0 Å². The van der Waals surface area contributed by atoms with E-state index in [-0.39, 0.29) is 11.2 Å². The zero-order valence-corrected chi connectivity index (χ0v) is 13.0. The van der Waals surface area contributed by atoms with Gasteiger partial charge in [-0.25, -0.2) is 8.42 Å². The molecule has 0 bridgehead atoms. The normalized spacial score (nSPS) is 19.1. The highest BCUT2D eigenvalue weighted by molar-refractivity contribution is 8.13. The molecule has 0 unspecified atom stereocenters. The van der Waals surface area contributed by atoms with E-state index in [1.807, 2.05) is 13.8 Å². The van der Waals surface area contributed by atoms with Crippen molar-refractivity contribution >= 4 is 19.7 Å². The van der Waals surface area contributed by atoms with Crippen LogP contribution in [0.3, 0.4) is 0 Å². The van der Waals surface area contributed by atoms with Crippen molar-refractivity contribution in [2.75, 3.05) is 12.4 Å². The molecule has 0 aromatic rings. The Hall–Kier alpha value is 0.200. The van der Waals surface area contributed by atoms with Gasteiger partial charge < -0.3 is 4.74 Å². The molecule has 1 saturated carbocycles. The molecule has 3 nitrogen and oxygen atoms in total. The Labute approximate surface area is 116 Å². The van der Waals surface area contributed by atoms with Crippen LogP contribution < -0.4 is 0 Å². The summed E-state index contributed by atoms with van der Waals surface area (Å²) in [6.07, 6.45) is 7.84. The zero-order chi connectivity index (χ0) is 13.6. The van der Waals surface area contributed by atoms with E-state index in [1.165, 1.54) is 19.3 Å².